The number of hydrogen-bond acceptors (Lipinski definition) is 4. The molecule has 2 saturated heterocycles. The molecule has 0 bridgehead atoms. The third-order valence-corrected chi connectivity index (χ3v) is 5.23. The number of piperazine rings is 1. The van der Waals surface area contributed by atoms with Gasteiger partial charge in [0.2, 0.25) is 0 Å². The first-order valence-corrected chi connectivity index (χ1v) is 8.98. The third kappa shape index (κ3) is 4.32. The van der Waals surface area contributed by atoms with Crippen molar-refractivity contribution >= 4 is 0 Å². The lowest BCUT2D eigenvalue weighted by Crippen LogP contribution is -2.61. The molecule has 0 unspecified atom stereocenters. The van der Waals surface area contributed by atoms with E-state index in [4.69, 9.17) is 4.74 Å². The van der Waals surface area contributed by atoms with Crippen molar-refractivity contribution in [3.05, 3.63) is 35.9 Å². The number of nitrogens with zero attached hydrogens (tertiary/aromatic N) is 2. The van der Waals surface area contributed by atoms with Gasteiger partial charge in [-0.3, -0.25) is 9.80 Å². The fraction of sp³-hybridized carbons (Fsp3) is 0.684. The number of ether oxygens (including phenoxy) is 1. The van der Waals surface area contributed by atoms with Crippen LogP contribution in [0.25, 0.3) is 0 Å². The van der Waals surface area contributed by atoms with Crippen molar-refractivity contribution in [2.45, 2.75) is 51.5 Å². The van der Waals surface area contributed by atoms with Crippen molar-refractivity contribution in [3.8, 4) is 0 Å². The van der Waals surface area contributed by atoms with Gasteiger partial charge in [0.05, 0.1) is 13.2 Å². The van der Waals surface area contributed by atoms with Crippen molar-refractivity contribution in [1.82, 2.24) is 15.1 Å². The van der Waals surface area contributed by atoms with Crippen LogP contribution < -0.4 is 5.32 Å². The molecule has 1 N–H and O–H groups in total. The lowest BCUT2D eigenvalue weighted by Gasteiger charge is -2.46. The van der Waals surface area contributed by atoms with Crippen molar-refractivity contribution < 1.29 is 4.74 Å². The summed E-state index contributed by atoms with van der Waals surface area (Å²) in [6.45, 7) is 12.9. The van der Waals surface area contributed by atoms with E-state index in [0.717, 1.165) is 39.4 Å². The van der Waals surface area contributed by atoms with E-state index in [-0.39, 0.29) is 0 Å². The van der Waals surface area contributed by atoms with Crippen molar-refractivity contribution in [3.63, 3.8) is 0 Å². The lowest BCUT2D eigenvalue weighted by molar-refractivity contribution is -0.0513. The molecule has 4 nitrogen and oxygen atoms in total. The van der Waals surface area contributed by atoms with Crippen molar-refractivity contribution in [1.29, 1.82) is 0 Å². The number of nitrogens with one attached hydrogen (secondary N) is 1. The fourth-order valence-corrected chi connectivity index (χ4v) is 3.86. The predicted octanol–water partition coefficient (Wildman–Crippen LogP) is 1.96. The van der Waals surface area contributed by atoms with Gasteiger partial charge in [-0.05, 0) is 26.3 Å². The third-order valence-electron chi connectivity index (χ3n) is 5.23. The van der Waals surface area contributed by atoms with Crippen LogP contribution in [0.3, 0.4) is 0 Å². The van der Waals surface area contributed by atoms with Crippen molar-refractivity contribution in [2.75, 3.05) is 32.8 Å². The molecular weight excluding hydrogens is 286 g/mol. The quantitative estimate of drug-likeness (QED) is 0.919. The van der Waals surface area contributed by atoms with E-state index in [1.807, 2.05) is 0 Å². The standard InChI is InChI=1S/C19H31N3O/c1-15-10-21(11-18-7-5-4-6-8-18)19(9-20-15)12-22-16(2)13-23-14-17(22)3/h4-8,15-17,19-20H,9-14H2,1-3H3/t15-,16-,17-,19+/m1/s1. The second-order valence-electron chi connectivity index (χ2n) is 7.31. The molecule has 23 heavy (non-hydrogen) atoms. The van der Waals surface area contributed by atoms with Gasteiger partial charge in [-0.15, -0.1) is 0 Å². The molecular formula is C19H31N3O. The Morgan fingerprint density at radius 1 is 1.09 bits per heavy atom. The zero-order valence-electron chi connectivity index (χ0n) is 14.7. The summed E-state index contributed by atoms with van der Waals surface area (Å²) in [7, 11) is 0. The first kappa shape index (κ1) is 16.9. The second-order valence-corrected chi connectivity index (χ2v) is 7.31. The molecule has 1 aromatic carbocycles. The molecule has 4 heteroatoms. The fourth-order valence-electron chi connectivity index (χ4n) is 3.86. The van der Waals surface area contributed by atoms with Crippen LogP contribution in [0.4, 0.5) is 0 Å². The molecule has 1 aromatic rings. The van der Waals surface area contributed by atoms with Crippen LogP contribution in [0.2, 0.25) is 0 Å². The Kier molecular flexibility index (Phi) is 5.70. The van der Waals surface area contributed by atoms with Crippen LogP contribution in [0.15, 0.2) is 30.3 Å². The zero-order valence-corrected chi connectivity index (χ0v) is 14.7. The van der Waals surface area contributed by atoms with Gasteiger partial charge in [0.1, 0.15) is 0 Å². The maximum absolute atomic E-state index is 5.68. The van der Waals surface area contributed by atoms with Gasteiger partial charge in [-0.25, -0.2) is 0 Å². The van der Waals surface area contributed by atoms with E-state index in [1.54, 1.807) is 0 Å². The first-order valence-electron chi connectivity index (χ1n) is 8.98. The monoisotopic (exact) mass is 317 g/mol. The molecule has 2 aliphatic heterocycles. The van der Waals surface area contributed by atoms with Gasteiger partial charge in [-0.2, -0.15) is 0 Å². The van der Waals surface area contributed by atoms with Crippen LogP contribution in [0.1, 0.15) is 26.3 Å². The molecule has 0 aromatic heterocycles. The Morgan fingerprint density at radius 3 is 2.48 bits per heavy atom. The molecule has 0 amide bonds. The summed E-state index contributed by atoms with van der Waals surface area (Å²) in [5.74, 6) is 0. The van der Waals surface area contributed by atoms with E-state index >= 15 is 0 Å². The molecule has 3 rings (SSSR count). The minimum atomic E-state index is 0.511. The van der Waals surface area contributed by atoms with E-state index in [0.29, 0.717) is 24.2 Å². The normalized spacial score (nSPS) is 33.7. The first-order chi connectivity index (χ1) is 11.1. The molecule has 2 aliphatic rings. The second kappa shape index (κ2) is 7.75. The van der Waals surface area contributed by atoms with Gasteiger partial charge in [-0.1, -0.05) is 30.3 Å². The summed E-state index contributed by atoms with van der Waals surface area (Å²) >= 11 is 0. The topological polar surface area (TPSA) is 27.7 Å². The highest BCUT2D eigenvalue weighted by atomic mass is 16.5. The van der Waals surface area contributed by atoms with Crippen molar-refractivity contribution in [2.24, 2.45) is 0 Å². The average molecular weight is 317 g/mol. The largest absolute Gasteiger partial charge is 0.378 e. The lowest BCUT2D eigenvalue weighted by atomic mass is 10.0. The minimum Gasteiger partial charge on any atom is -0.378 e. The Balaban J connectivity index is 1.67. The zero-order chi connectivity index (χ0) is 16.2. The van der Waals surface area contributed by atoms with E-state index in [1.165, 1.54) is 5.56 Å². The molecule has 2 heterocycles. The van der Waals surface area contributed by atoms with Crippen LogP contribution in [0.5, 0.6) is 0 Å². The summed E-state index contributed by atoms with van der Waals surface area (Å²) < 4.78 is 5.68. The number of benzene rings is 1. The summed E-state index contributed by atoms with van der Waals surface area (Å²) in [5, 5.41) is 3.67. The van der Waals surface area contributed by atoms with Gasteiger partial charge in [0.15, 0.2) is 0 Å². The Hall–Kier alpha value is -0.940. The molecule has 0 aliphatic carbocycles. The molecule has 4 atom stereocenters. The maximum atomic E-state index is 5.68. The summed E-state index contributed by atoms with van der Waals surface area (Å²) in [4.78, 5) is 5.29. The highest BCUT2D eigenvalue weighted by molar-refractivity contribution is 5.15. The van der Waals surface area contributed by atoms with Gasteiger partial charge < -0.3 is 10.1 Å². The summed E-state index contributed by atoms with van der Waals surface area (Å²) in [6.07, 6.45) is 0. The van der Waals surface area contributed by atoms with E-state index < -0.39 is 0 Å². The summed E-state index contributed by atoms with van der Waals surface area (Å²) in [6, 6.07) is 13.0. The molecule has 128 valence electrons. The SMILES string of the molecule is C[C@@H]1CN(Cc2ccccc2)[C@H](CN2[C@H](C)COC[C@H]2C)CN1. The maximum Gasteiger partial charge on any atom is 0.0620 e. The van der Waals surface area contributed by atoms with Gasteiger partial charge in [0, 0.05) is 50.3 Å². The van der Waals surface area contributed by atoms with Gasteiger partial charge in [0.25, 0.3) is 0 Å². The molecule has 2 fully saturated rings. The number of hydrogen-bond donors (Lipinski definition) is 1. The van der Waals surface area contributed by atoms with Crippen LogP contribution in [0, 0.1) is 0 Å². The number of morpholine rings is 1. The molecule has 0 radical (unpaired) electrons. The highest BCUT2D eigenvalue weighted by Gasteiger charge is 2.32. The minimum absolute atomic E-state index is 0.511. The Bertz CT molecular complexity index is 471. The van der Waals surface area contributed by atoms with E-state index in [2.05, 4.69) is 66.2 Å². The van der Waals surface area contributed by atoms with Crippen LogP contribution in [-0.2, 0) is 11.3 Å². The van der Waals surface area contributed by atoms with E-state index in [9.17, 15) is 0 Å². The summed E-state index contributed by atoms with van der Waals surface area (Å²) in [5.41, 5.74) is 1.41. The Labute approximate surface area is 140 Å². The smallest absolute Gasteiger partial charge is 0.0620 e. The highest BCUT2D eigenvalue weighted by Crippen LogP contribution is 2.18. The van der Waals surface area contributed by atoms with Crippen LogP contribution in [-0.4, -0.2) is 66.8 Å². The number of rotatable bonds is 4. The van der Waals surface area contributed by atoms with Crippen LogP contribution >= 0.6 is 0 Å². The molecule has 0 saturated carbocycles. The Morgan fingerprint density at radius 2 is 1.78 bits per heavy atom. The predicted molar refractivity (Wildman–Crippen MR) is 94.6 cm³/mol. The average Bonchev–Trinajstić information content (AvgIpc) is 2.54. The molecule has 0 spiro atoms. The van der Waals surface area contributed by atoms with Gasteiger partial charge >= 0.3 is 0 Å².